The topological polar surface area (TPSA) is 158 Å². The van der Waals surface area contributed by atoms with Crippen LogP contribution in [0.2, 0.25) is 0 Å². The number of carbonyl (C=O) groups excluding carboxylic acids is 4. The zero-order valence-corrected chi connectivity index (χ0v) is 32.8. The van der Waals surface area contributed by atoms with Crippen LogP contribution in [0.15, 0.2) is 59.4 Å². The molecule has 4 heterocycles. The summed E-state index contributed by atoms with van der Waals surface area (Å²) in [5.74, 6) is 13.3. The van der Waals surface area contributed by atoms with Gasteiger partial charge in [-0.1, -0.05) is 69.7 Å². The molecular weight excluding hydrogens is 711 g/mol. The van der Waals surface area contributed by atoms with E-state index >= 15 is 0 Å². The molecule has 292 valence electrons. The van der Waals surface area contributed by atoms with E-state index in [0.717, 1.165) is 58.9 Å². The quantitative estimate of drug-likeness (QED) is 0.258. The van der Waals surface area contributed by atoms with Crippen LogP contribution in [0.5, 0.6) is 0 Å². The summed E-state index contributed by atoms with van der Waals surface area (Å²) in [6, 6.07) is 10.2. The predicted octanol–water partition coefficient (Wildman–Crippen LogP) is 5.46. The van der Waals surface area contributed by atoms with E-state index in [1.807, 2.05) is 69.0 Å². The Bertz CT molecular complexity index is 2180. The third kappa shape index (κ3) is 8.73. The number of nitrogens with zero attached hydrogens (tertiary/aromatic N) is 4. The summed E-state index contributed by atoms with van der Waals surface area (Å²) in [7, 11) is 2.57. The van der Waals surface area contributed by atoms with E-state index in [9.17, 15) is 19.2 Å². The van der Waals surface area contributed by atoms with Gasteiger partial charge in [0.25, 0.3) is 0 Å². The lowest BCUT2D eigenvalue weighted by atomic mass is 9.99. The highest BCUT2D eigenvalue weighted by atomic mass is 16.5. The number of aliphatic imine (C=N–C) groups is 1. The molecule has 3 aliphatic heterocycles. The highest BCUT2D eigenvalue weighted by Crippen LogP contribution is 2.32. The molecule has 0 saturated carbocycles. The van der Waals surface area contributed by atoms with E-state index in [4.69, 9.17) is 14.5 Å². The molecule has 56 heavy (non-hydrogen) atoms. The summed E-state index contributed by atoms with van der Waals surface area (Å²) in [5.41, 5.74) is 4.11. The number of allylic oxidation sites excluding steroid dienone is 1. The number of amides is 4. The van der Waals surface area contributed by atoms with Crippen LogP contribution in [0.3, 0.4) is 0 Å². The second-order valence-corrected chi connectivity index (χ2v) is 14.9. The lowest BCUT2D eigenvalue weighted by Crippen LogP contribution is -2.53. The predicted molar refractivity (Wildman–Crippen MR) is 212 cm³/mol. The Labute approximate surface area is 327 Å². The molecule has 3 aliphatic rings. The minimum absolute atomic E-state index is 0.104. The average Bonchev–Trinajstić information content (AvgIpc) is 4.03. The van der Waals surface area contributed by atoms with Gasteiger partial charge in [-0.15, -0.1) is 0 Å². The molecule has 6 rings (SSSR count). The fourth-order valence-corrected chi connectivity index (χ4v) is 7.56. The van der Waals surface area contributed by atoms with Crippen LogP contribution in [-0.2, 0) is 19.1 Å². The Balaban J connectivity index is 1.13. The fourth-order valence-electron chi connectivity index (χ4n) is 7.56. The number of hydrogen-bond donors (Lipinski definition) is 3. The number of aromatic amines is 1. The molecule has 0 unspecified atom stereocenters. The summed E-state index contributed by atoms with van der Waals surface area (Å²) in [5, 5.41) is 7.32. The average molecular weight is 760 g/mol. The maximum Gasteiger partial charge on any atom is 0.407 e. The highest BCUT2D eigenvalue weighted by Gasteiger charge is 2.39. The van der Waals surface area contributed by atoms with E-state index in [0.29, 0.717) is 31.0 Å². The van der Waals surface area contributed by atoms with Gasteiger partial charge in [-0.3, -0.25) is 14.6 Å². The van der Waals surface area contributed by atoms with Crippen LogP contribution in [0.25, 0.3) is 10.8 Å². The van der Waals surface area contributed by atoms with Crippen molar-refractivity contribution in [3.8, 4) is 23.7 Å². The molecule has 2 aromatic carbocycles. The second kappa shape index (κ2) is 17.6. The normalized spacial score (nSPS) is 18.7. The molecule has 13 nitrogen and oxygen atoms in total. The van der Waals surface area contributed by atoms with Crippen LogP contribution in [0.4, 0.5) is 9.59 Å². The Morgan fingerprint density at radius 2 is 1.30 bits per heavy atom. The van der Waals surface area contributed by atoms with Crippen LogP contribution >= 0.6 is 0 Å². The molecule has 0 spiro atoms. The van der Waals surface area contributed by atoms with Gasteiger partial charge in [0.2, 0.25) is 11.8 Å². The number of H-pyrrole nitrogens is 1. The van der Waals surface area contributed by atoms with Crippen LogP contribution in [-0.4, -0.2) is 94.9 Å². The molecule has 2 fully saturated rings. The van der Waals surface area contributed by atoms with Gasteiger partial charge < -0.3 is 34.9 Å². The van der Waals surface area contributed by atoms with Gasteiger partial charge in [-0.05, 0) is 66.3 Å². The maximum atomic E-state index is 13.6. The number of imidazole rings is 1. The van der Waals surface area contributed by atoms with Crippen molar-refractivity contribution >= 4 is 40.5 Å². The van der Waals surface area contributed by atoms with E-state index < -0.39 is 24.3 Å². The third-order valence-electron chi connectivity index (χ3n) is 10.5. The third-order valence-corrected chi connectivity index (χ3v) is 10.5. The zero-order chi connectivity index (χ0) is 39.9. The number of carbonyl (C=O) groups is 4. The summed E-state index contributed by atoms with van der Waals surface area (Å²) in [6.07, 6.45) is 6.01. The molecular formula is C43H49N7O6. The first-order valence-corrected chi connectivity index (χ1v) is 19.1. The minimum atomic E-state index is -0.707. The van der Waals surface area contributed by atoms with Gasteiger partial charge in [-0.25, -0.2) is 14.6 Å². The lowest BCUT2D eigenvalue weighted by Gasteiger charge is -2.31. The first-order valence-electron chi connectivity index (χ1n) is 19.1. The Morgan fingerprint density at radius 1 is 0.768 bits per heavy atom. The van der Waals surface area contributed by atoms with Crippen LogP contribution < -0.4 is 10.6 Å². The van der Waals surface area contributed by atoms with E-state index in [1.165, 1.54) is 14.2 Å². The second-order valence-electron chi connectivity index (χ2n) is 14.9. The standard InChI is InChI=1S/C43H49N7O6/c1-26(2)37(47-42(53)55-5)40(51)49-21-9-15-35(49)34-23-28(24-44-34)17-18-29-11-7-14-33-30(12-8-13-32(29)33)19-20-31-25-45-39(46-31)36-16-10-22-50(36)41(52)38(27(3)4)48-43(54)56-6/h7-8,11-14,24-27,35-38H,9-10,15-16,21-23H2,1-6H3,(H,45,46)(H,47,53)(H,48,54)/t35-,36-,37-,38-/m0/s1. The lowest BCUT2D eigenvalue weighted by molar-refractivity contribution is -0.135. The Morgan fingerprint density at radius 3 is 1.86 bits per heavy atom. The van der Waals surface area contributed by atoms with Gasteiger partial charge in [0.1, 0.15) is 23.6 Å². The zero-order valence-electron chi connectivity index (χ0n) is 32.8. The molecule has 13 heteroatoms. The SMILES string of the molecule is COC(=O)N[C@H](C(=O)N1CCC[C@H]1C1=NC=C(C#Cc2cccc3c(C#Cc4cnc([C@@H]5CCCN5C(=O)[C@@H](NC(=O)OC)C(C)C)[nH]4)cccc23)C1)C(C)C. The molecule has 1 aromatic heterocycles. The number of rotatable bonds is 8. The first kappa shape index (κ1) is 39.6. The smallest absolute Gasteiger partial charge is 0.407 e. The fraction of sp³-hybridized carbons (Fsp3) is 0.442. The Kier molecular flexibility index (Phi) is 12.4. The van der Waals surface area contributed by atoms with Crippen molar-refractivity contribution in [1.82, 2.24) is 30.4 Å². The van der Waals surface area contributed by atoms with Crippen molar-refractivity contribution in [2.24, 2.45) is 16.8 Å². The highest BCUT2D eigenvalue weighted by molar-refractivity contribution is 5.99. The van der Waals surface area contributed by atoms with E-state index in [2.05, 4.69) is 44.3 Å². The molecule has 0 radical (unpaired) electrons. The number of ether oxygens (including phenoxy) is 2. The summed E-state index contributed by atoms with van der Waals surface area (Å²) in [4.78, 5) is 67.2. The molecule has 2 saturated heterocycles. The van der Waals surface area contributed by atoms with Crippen molar-refractivity contribution in [3.05, 3.63) is 77.0 Å². The number of aromatic nitrogens is 2. The van der Waals surface area contributed by atoms with Crippen molar-refractivity contribution in [2.45, 2.75) is 84.0 Å². The molecule has 0 bridgehead atoms. The number of nitrogens with one attached hydrogen (secondary N) is 3. The number of alkyl carbamates (subject to hydrolysis) is 2. The van der Waals surface area contributed by atoms with Gasteiger partial charge in [0.05, 0.1) is 32.5 Å². The van der Waals surface area contributed by atoms with Crippen molar-refractivity contribution in [2.75, 3.05) is 27.3 Å². The van der Waals surface area contributed by atoms with Crippen molar-refractivity contribution < 1.29 is 28.7 Å². The Hall–Kier alpha value is -6.08. The van der Waals surface area contributed by atoms with E-state index in [1.54, 1.807) is 17.3 Å². The molecule has 3 N–H and O–H groups in total. The van der Waals surface area contributed by atoms with Crippen LogP contribution in [0, 0.1) is 35.5 Å². The molecule has 3 aromatic rings. The first-order chi connectivity index (χ1) is 27.0. The summed E-state index contributed by atoms with van der Waals surface area (Å²) >= 11 is 0. The largest absolute Gasteiger partial charge is 0.453 e. The van der Waals surface area contributed by atoms with Crippen molar-refractivity contribution in [3.63, 3.8) is 0 Å². The summed E-state index contributed by atoms with van der Waals surface area (Å²) in [6.45, 7) is 8.75. The number of methoxy groups -OCH3 is 2. The number of likely N-dealkylation sites (tertiary alicyclic amines) is 2. The molecule has 0 aliphatic carbocycles. The summed E-state index contributed by atoms with van der Waals surface area (Å²) < 4.78 is 9.51. The number of hydrogen-bond acceptors (Lipinski definition) is 8. The minimum Gasteiger partial charge on any atom is -0.453 e. The van der Waals surface area contributed by atoms with Gasteiger partial charge in [-0.2, -0.15) is 0 Å². The van der Waals surface area contributed by atoms with Gasteiger partial charge in [0.15, 0.2) is 0 Å². The maximum absolute atomic E-state index is 13.6. The molecule has 4 atom stereocenters. The monoisotopic (exact) mass is 759 g/mol. The van der Waals surface area contributed by atoms with E-state index in [-0.39, 0.29) is 35.7 Å². The number of fused-ring (bicyclic) bond motifs is 1. The van der Waals surface area contributed by atoms with Crippen molar-refractivity contribution in [1.29, 1.82) is 0 Å². The van der Waals surface area contributed by atoms with Gasteiger partial charge in [0, 0.05) is 48.1 Å². The van der Waals surface area contributed by atoms with Gasteiger partial charge >= 0.3 is 12.2 Å². The molecule has 4 amide bonds. The number of benzene rings is 2. The van der Waals surface area contributed by atoms with Crippen LogP contribution in [0.1, 0.15) is 88.5 Å².